The van der Waals surface area contributed by atoms with Crippen LogP contribution in [0, 0.1) is 11.8 Å². The topological polar surface area (TPSA) is 46.2 Å². The molecule has 2 saturated carbocycles. The summed E-state index contributed by atoms with van der Waals surface area (Å²) >= 11 is 0. The minimum atomic E-state index is -2.94. The van der Waals surface area contributed by atoms with Gasteiger partial charge in [0.25, 0.3) is 0 Å². The van der Waals surface area contributed by atoms with Gasteiger partial charge in [-0.15, -0.1) is 0 Å². The number of sulfone groups is 1. The molecular formula is C16H31NO2S. The first-order valence-electron chi connectivity index (χ1n) is 8.51. The standard InChI is InChI=1S/C16H31NO2S/c1-3-13-9-10-15(17-4-2)16(11-13)20(18,19)12-14-7-5-6-8-14/h13-17H,3-12H2,1-2H3. The minimum absolute atomic E-state index is 0.137. The van der Waals surface area contributed by atoms with E-state index in [0.29, 0.717) is 17.6 Å². The van der Waals surface area contributed by atoms with Crippen molar-refractivity contribution in [3.8, 4) is 0 Å². The average molecular weight is 301 g/mol. The molecule has 0 saturated heterocycles. The molecule has 20 heavy (non-hydrogen) atoms. The van der Waals surface area contributed by atoms with Crippen molar-refractivity contribution in [2.75, 3.05) is 12.3 Å². The van der Waals surface area contributed by atoms with Gasteiger partial charge in [-0.05, 0) is 50.5 Å². The summed E-state index contributed by atoms with van der Waals surface area (Å²) in [6.45, 7) is 5.14. The average Bonchev–Trinajstić information content (AvgIpc) is 2.91. The third kappa shape index (κ3) is 3.97. The molecule has 2 rings (SSSR count). The van der Waals surface area contributed by atoms with Crippen LogP contribution in [-0.2, 0) is 9.84 Å². The first-order valence-corrected chi connectivity index (χ1v) is 10.2. The summed E-state index contributed by atoms with van der Waals surface area (Å²) < 4.78 is 25.7. The molecule has 3 atom stereocenters. The smallest absolute Gasteiger partial charge is 0.154 e. The van der Waals surface area contributed by atoms with Gasteiger partial charge >= 0.3 is 0 Å². The molecule has 2 fully saturated rings. The number of rotatable bonds is 6. The maximum absolute atomic E-state index is 12.8. The summed E-state index contributed by atoms with van der Waals surface area (Å²) in [4.78, 5) is 0. The fourth-order valence-electron chi connectivity index (χ4n) is 4.10. The van der Waals surface area contributed by atoms with Gasteiger partial charge in [-0.3, -0.25) is 0 Å². The van der Waals surface area contributed by atoms with Crippen molar-refractivity contribution >= 4 is 9.84 Å². The molecule has 2 aliphatic rings. The lowest BCUT2D eigenvalue weighted by molar-refractivity contribution is 0.289. The molecular weight excluding hydrogens is 270 g/mol. The van der Waals surface area contributed by atoms with Crippen molar-refractivity contribution in [1.29, 1.82) is 0 Å². The van der Waals surface area contributed by atoms with Crippen molar-refractivity contribution in [3.05, 3.63) is 0 Å². The van der Waals surface area contributed by atoms with E-state index in [1.807, 2.05) is 0 Å². The van der Waals surface area contributed by atoms with Crippen LogP contribution in [0.2, 0.25) is 0 Å². The summed E-state index contributed by atoms with van der Waals surface area (Å²) in [7, 11) is -2.94. The van der Waals surface area contributed by atoms with Crippen LogP contribution in [0.15, 0.2) is 0 Å². The molecule has 0 heterocycles. The molecule has 0 amide bonds. The number of nitrogens with one attached hydrogen (secondary N) is 1. The Kier molecular flexibility index (Phi) is 5.91. The third-order valence-electron chi connectivity index (χ3n) is 5.35. The van der Waals surface area contributed by atoms with E-state index in [1.54, 1.807) is 0 Å². The van der Waals surface area contributed by atoms with Crippen LogP contribution >= 0.6 is 0 Å². The zero-order valence-electron chi connectivity index (χ0n) is 13.1. The lowest BCUT2D eigenvalue weighted by Crippen LogP contribution is -2.49. The fourth-order valence-corrected chi connectivity index (χ4v) is 6.64. The predicted octanol–water partition coefficient (Wildman–Crippen LogP) is 3.15. The molecule has 0 aliphatic heterocycles. The van der Waals surface area contributed by atoms with E-state index in [4.69, 9.17) is 0 Å². The fraction of sp³-hybridized carbons (Fsp3) is 1.00. The summed E-state index contributed by atoms with van der Waals surface area (Å²) in [6.07, 6.45) is 8.89. The van der Waals surface area contributed by atoms with Crippen molar-refractivity contribution < 1.29 is 8.42 Å². The highest BCUT2D eigenvalue weighted by molar-refractivity contribution is 7.92. The van der Waals surface area contributed by atoms with E-state index >= 15 is 0 Å². The lowest BCUT2D eigenvalue weighted by atomic mass is 9.84. The van der Waals surface area contributed by atoms with E-state index in [1.165, 1.54) is 19.3 Å². The summed E-state index contributed by atoms with van der Waals surface area (Å²) in [5.74, 6) is 1.48. The van der Waals surface area contributed by atoms with Crippen LogP contribution in [0.25, 0.3) is 0 Å². The van der Waals surface area contributed by atoms with Crippen LogP contribution in [0.3, 0.4) is 0 Å². The van der Waals surface area contributed by atoms with Crippen LogP contribution in [-0.4, -0.2) is 32.0 Å². The highest BCUT2D eigenvalue weighted by Gasteiger charge is 2.39. The molecule has 3 unspecified atom stereocenters. The predicted molar refractivity (Wildman–Crippen MR) is 84.6 cm³/mol. The monoisotopic (exact) mass is 301 g/mol. The molecule has 0 aromatic heterocycles. The Balaban J connectivity index is 2.06. The van der Waals surface area contributed by atoms with Gasteiger partial charge in [0.1, 0.15) is 0 Å². The number of hydrogen-bond acceptors (Lipinski definition) is 3. The Morgan fingerprint density at radius 1 is 1.00 bits per heavy atom. The Hall–Kier alpha value is -0.0900. The van der Waals surface area contributed by atoms with Gasteiger partial charge in [0, 0.05) is 6.04 Å². The van der Waals surface area contributed by atoms with E-state index in [-0.39, 0.29) is 11.3 Å². The van der Waals surface area contributed by atoms with Crippen molar-refractivity contribution in [2.24, 2.45) is 11.8 Å². The first kappa shape index (κ1) is 16.3. The van der Waals surface area contributed by atoms with E-state index < -0.39 is 9.84 Å². The summed E-state index contributed by atoms with van der Waals surface area (Å²) in [5.41, 5.74) is 0. The Morgan fingerprint density at radius 3 is 2.30 bits per heavy atom. The van der Waals surface area contributed by atoms with Gasteiger partial charge in [0.15, 0.2) is 9.84 Å². The SMILES string of the molecule is CCNC1CCC(CC)CC1S(=O)(=O)CC1CCCC1. The largest absolute Gasteiger partial charge is 0.313 e. The Morgan fingerprint density at radius 2 is 1.70 bits per heavy atom. The number of hydrogen-bond donors (Lipinski definition) is 1. The van der Waals surface area contributed by atoms with Gasteiger partial charge < -0.3 is 5.32 Å². The maximum Gasteiger partial charge on any atom is 0.154 e. The van der Waals surface area contributed by atoms with E-state index in [2.05, 4.69) is 19.2 Å². The van der Waals surface area contributed by atoms with Gasteiger partial charge in [-0.25, -0.2) is 8.42 Å². The molecule has 0 aromatic rings. The van der Waals surface area contributed by atoms with Gasteiger partial charge in [0.2, 0.25) is 0 Å². The second kappa shape index (κ2) is 7.26. The quantitative estimate of drug-likeness (QED) is 0.820. The van der Waals surface area contributed by atoms with E-state index in [0.717, 1.165) is 38.6 Å². The molecule has 0 aromatic carbocycles. The van der Waals surface area contributed by atoms with Crippen LogP contribution in [0.5, 0.6) is 0 Å². The van der Waals surface area contributed by atoms with Crippen molar-refractivity contribution in [3.63, 3.8) is 0 Å². The highest BCUT2D eigenvalue weighted by Crippen LogP contribution is 2.34. The zero-order valence-corrected chi connectivity index (χ0v) is 13.9. The molecule has 4 heteroatoms. The van der Waals surface area contributed by atoms with E-state index in [9.17, 15) is 8.42 Å². The van der Waals surface area contributed by atoms with Gasteiger partial charge in [-0.1, -0.05) is 33.1 Å². The first-order chi connectivity index (χ1) is 9.56. The highest BCUT2D eigenvalue weighted by atomic mass is 32.2. The maximum atomic E-state index is 12.8. The molecule has 0 spiro atoms. The third-order valence-corrected chi connectivity index (χ3v) is 7.73. The Labute approximate surface area is 124 Å². The zero-order chi connectivity index (χ0) is 14.6. The van der Waals surface area contributed by atoms with Crippen molar-refractivity contribution in [1.82, 2.24) is 5.32 Å². The Bertz CT molecular complexity index is 387. The van der Waals surface area contributed by atoms with Crippen LogP contribution in [0.4, 0.5) is 0 Å². The van der Waals surface area contributed by atoms with Crippen molar-refractivity contribution in [2.45, 2.75) is 76.5 Å². The second-order valence-corrected chi connectivity index (χ2v) is 9.03. The van der Waals surface area contributed by atoms with Gasteiger partial charge in [-0.2, -0.15) is 0 Å². The second-order valence-electron chi connectivity index (χ2n) is 6.77. The van der Waals surface area contributed by atoms with Gasteiger partial charge in [0.05, 0.1) is 11.0 Å². The van der Waals surface area contributed by atoms with Crippen LogP contribution in [0.1, 0.15) is 65.2 Å². The summed E-state index contributed by atoms with van der Waals surface area (Å²) in [6, 6.07) is 0.189. The van der Waals surface area contributed by atoms with Crippen LogP contribution < -0.4 is 5.32 Å². The summed E-state index contributed by atoms with van der Waals surface area (Å²) in [5, 5.41) is 3.29. The minimum Gasteiger partial charge on any atom is -0.313 e. The molecule has 2 aliphatic carbocycles. The normalized spacial score (nSPS) is 32.6. The molecule has 118 valence electrons. The lowest BCUT2D eigenvalue weighted by Gasteiger charge is -2.36. The molecule has 0 bridgehead atoms. The molecule has 3 nitrogen and oxygen atoms in total. The molecule has 1 N–H and O–H groups in total. The molecule has 0 radical (unpaired) electrons.